The van der Waals surface area contributed by atoms with Crippen LogP contribution in [0.15, 0.2) is 54.4 Å². The maximum atomic E-state index is 11.0. The first-order valence-corrected chi connectivity index (χ1v) is 9.40. The Labute approximate surface area is 181 Å². The van der Waals surface area contributed by atoms with E-state index >= 15 is 0 Å². The number of aromatic carboxylic acids is 1. The van der Waals surface area contributed by atoms with Gasteiger partial charge >= 0.3 is 5.97 Å². The molecule has 0 aliphatic heterocycles. The van der Waals surface area contributed by atoms with E-state index in [1.807, 2.05) is 24.3 Å². The summed E-state index contributed by atoms with van der Waals surface area (Å²) >= 11 is 0. The first-order valence-electron chi connectivity index (χ1n) is 9.40. The molecule has 32 heavy (non-hydrogen) atoms. The van der Waals surface area contributed by atoms with Crippen molar-refractivity contribution in [3.05, 3.63) is 71.5 Å². The maximum absolute atomic E-state index is 11.0. The van der Waals surface area contributed by atoms with Crippen molar-refractivity contribution in [1.29, 1.82) is 5.41 Å². The van der Waals surface area contributed by atoms with E-state index in [1.165, 1.54) is 30.0 Å². The zero-order chi connectivity index (χ0) is 22.7. The molecule has 0 aliphatic carbocycles. The number of aliphatic hydroxyl groups is 1. The lowest BCUT2D eigenvalue weighted by atomic mass is 10.2. The molecule has 11 nitrogen and oxygen atoms in total. The molecule has 11 heteroatoms. The number of nitrogens with one attached hydrogen (secondary N) is 1. The van der Waals surface area contributed by atoms with Gasteiger partial charge in [-0.1, -0.05) is 18.2 Å². The van der Waals surface area contributed by atoms with Crippen molar-refractivity contribution in [2.45, 2.75) is 6.61 Å². The number of aromatic nitrogens is 5. The Morgan fingerprint density at radius 1 is 1.16 bits per heavy atom. The third-order valence-electron chi connectivity index (χ3n) is 4.50. The van der Waals surface area contributed by atoms with Crippen LogP contribution in [-0.4, -0.2) is 60.4 Å². The molecule has 0 amide bonds. The van der Waals surface area contributed by atoms with Crippen LogP contribution in [0.4, 0.5) is 0 Å². The Kier molecular flexibility index (Phi) is 5.73. The van der Waals surface area contributed by atoms with Gasteiger partial charge in [0.25, 0.3) is 0 Å². The van der Waals surface area contributed by atoms with Crippen molar-refractivity contribution in [2.24, 2.45) is 0 Å². The second-order valence-electron chi connectivity index (χ2n) is 6.72. The number of rotatable bonds is 8. The topological polar surface area (TPSA) is 156 Å². The molecule has 162 valence electrons. The van der Waals surface area contributed by atoms with Crippen LogP contribution in [0.25, 0.3) is 16.4 Å². The van der Waals surface area contributed by atoms with Gasteiger partial charge in [-0.05, 0) is 18.2 Å². The molecule has 3 aromatic heterocycles. The second kappa shape index (κ2) is 8.78. The molecule has 0 fully saturated rings. The Morgan fingerprint density at radius 3 is 2.62 bits per heavy atom. The summed E-state index contributed by atoms with van der Waals surface area (Å²) in [5.74, 6) is -0.822. The SMILES string of the molecule is COC/C(O)=C/C(=N)c1nnc2c3ccccc3c(OCc3ccc(C(=O)O)cn3)nn12. The smallest absolute Gasteiger partial charge is 0.337 e. The van der Waals surface area contributed by atoms with Crippen LogP contribution in [0.2, 0.25) is 0 Å². The number of allylic oxidation sites excluding steroid dienone is 1. The highest BCUT2D eigenvalue weighted by atomic mass is 16.5. The molecule has 0 aliphatic rings. The number of fused-ring (bicyclic) bond motifs is 3. The van der Waals surface area contributed by atoms with Gasteiger partial charge in [0.2, 0.25) is 11.7 Å². The molecular formula is C21H18N6O5. The fraction of sp³-hybridized carbons (Fsp3) is 0.143. The van der Waals surface area contributed by atoms with Crippen LogP contribution in [0, 0.1) is 5.41 Å². The van der Waals surface area contributed by atoms with Crippen LogP contribution >= 0.6 is 0 Å². The lowest BCUT2D eigenvalue weighted by Gasteiger charge is -2.10. The number of methoxy groups -OCH3 is 1. The number of hydrogen-bond acceptors (Lipinski definition) is 9. The van der Waals surface area contributed by atoms with Crippen LogP contribution in [-0.2, 0) is 11.3 Å². The van der Waals surface area contributed by atoms with E-state index in [9.17, 15) is 9.90 Å². The van der Waals surface area contributed by atoms with E-state index in [1.54, 1.807) is 6.07 Å². The normalized spacial score (nSPS) is 11.7. The fourth-order valence-electron chi connectivity index (χ4n) is 3.03. The van der Waals surface area contributed by atoms with Crippen molar-refractivity contribution < 1.29 is 24.5 Å². The van der Waals surface area contributed by atoms with Gasteiger partial charge in [-0.3, -0.25) is 10.4 Å². The largest absolute Gasteiger partial charge is 0.510 e. The summed E-state index contributed by atoms with van der Waals surface area (Å²) in [6, 6.07) is 10.3. The Hall–Kier alpha value is -4.38. The van der Waals surface area contributed by atoms with Crippen molar-refractivity contribution in [2.75, 3.05) is 13.7 Å². The van der Waals surface area contributed by atoms with Gasteiger partial charge in [-0.15, -0.1) is 15.3 Å². The summed E-state index contributed by atoms with van der Waals surface area (Å²) in [5, 5.41) is 41.1. The maximum Gasteiger partial charge on any atom is 0.337 e. The first kappa shape index (κ1) is 20.9. The van der Waals surface area contributed by atoms with E-state index in [0.29, 0.717) is 22.1 Å². The number of pyridine rings is 1. The van der Waals surface area contributed by atoms with Crippen molar-refractivity contribution in [1.82, 2.24) is 24.8 Å². The lowest BCUT2D eigenvalue weighted by molar-refractivity contribution is 0.0696. The number of hydrogen-bond donors (Lipinski definition) is 3. The number of carboxylic acids is 1. The molecule has 0 bridgehead atoms. The fourth-order valence-corrected chi connectivity index (χ4v) is 3.03. The summed E-state index contributed by atoms with van der Waals surface area (Å²) in [6.45, 7) is 0.00331. The molecule has 4 rings (SSSR count). The third-order valence-corrected chi connectivity index (χ3v) is 4.50. The summed E-state index contributed by atoms with van der Waals surface area (Å²) in [5.41, 5.74) is 0.921. The summed E-state index contributed by atoms with van der Waals surface area (Å²) < 4.78 is 12.1. The van der Waals surface area contributed by atoms with E-state index in [0.717, 1.165) is 0 Å². The number of nitrogens with zero attached hydrogens (tertiary/aromatic N) is 5. The number of carbonyl (C=O) groups is 1. The van der Waals surface area contributed by atoms with Crippen LogP contribution in [0.1, 0.15) is 21.9 Å². The standard InChI is InChI=1S/C21H18N6O5/c1-31-11-14(28)8-17(22)19-25-24-18-15-4-2-3-5-16(15)20(26-27(18)19)32-10-13-7-6-12(9-23-13)21(29)30/h2-9,22,28H,10-11H2,1H3,(H,29,30)/b14-8-,22-17?. The highest BCUT2D eigenvalue weighted by Gasteiger charge is 2.17. The molecule has 3 heterocycles. The van der Waals surface area contributed by atoms with E-state index in [-0.39, 0.29) is 42.0 Å². The predicted molar refractivity (Wildman–Crippen MR) is 113 cm³/mol. The molecule has 0 saturated heterocycles. The van der Waals surface area contributed by atoms with Gasteiger partial charge in [-0.25, -0.2) is 4.79 Å². The highest BCUT2D eigenvalue weighted by Crippen LogP contribution is 2.27. The van der Waals surface area contributed by atoms with Gasteiger partial charge < -0.3 is 19.7 Å². The summed E-state index contributed by atoms with van der Waals surface area (Å²) in [7, 11) is 1.43. The molecule has 1 aromatic carbocycles. The predicted octanol–water partition coefficient (Wildman–Crippen LogP) is 2.41. The minimum atomic E-state index is -1.06. The van der Waals surface area contributed by atoms with Gasteiger partial charge in [0.15, 0.2) is 5.65 Å². The lowest BCUT2D eigenvalue weighted by Crippen LogP contribution is -2.09. The minimum absolute atomic E-state index is 0.0441. The molecular weight excluding hydrogens is 416 g/mol. The van der Waals surface area contributed by atoms with E-state index in [2.05, 4.69) is 20.3 Å². The quantitative estimate of drug-likeness (QED) is 0.280. The van der Waals surface area contributed by atoms with Crippen LogP contribution < -0.4 is 4.74 Å². The number of aliphatic hydroxyl groups excluding tert-OH is 1. The Morgan fingerprint density at radius 2 is 1.94 bits per heavy atom. The monoisotopic (exact) mass is 434 g/mol. The molecule has 4 aromatic rings. The van der Waals surface area contributed by atoms with Gasteiger partial charge in [0.05, 0.1) is 11.3 Å². The average molecular weight is 434 g/mol. The molecule has 0 unspecified atom stereocenters. The zero-order valence-electron chi connectivity index (χ0n) is 16.9. The molecule has 0 atom stereocenters. The number of ether oxygens (including phenoxy) is 2. The zero-order valence-corrected chi connectivity index (χ0v) is 16.9. The molecule has 0 spiro atoms. The average Bonchev–Trinajstić information content (AvgIpc) is 3.22. The van der Waals surface area contributed by atoms with Gasteiger partial charge in [-0.2, -0.15) is 4.52 Å². The Bertz CT molecular complexity index is 1350. The van der Waals surface area contributed by atoms with Crippen LogP contribution in [0.5, 0.6) is 5.88 Å². The van der Waals surface area contributed by atoms with Crippen molar-refractivity contribution in [3.63, 3.8) is 0 Å². The molecule has 0 saturated carbocycles. The van der Waals surface area contributed by atoms with Gasteiger partial charge in [0.1, 0.15) is 24.7 Å². The van der Waals surface area contributed by atoms with E-state index < -0.39 is 5.97 Å². The minimum Gasteiger partial charge on any atom is -0.510 e. The molecule has 3 N–H and O–H groups in total. The number of carboxylic acid groups (broad SMARTS) is 1. The highest BCUT2D eigenvalue weighted by molar-refractivity contribution is 6.05. The first-order chi connectivity index (χ1) is 15.5. The molecule has 0 radical (unpaired) electrons. The van der Waals surface area contributed by atoms with E-state index in [4.69, 9.17) is 20.0 Å². The Balaban J connectivity index is 1.72. The number of benzene rings is 1. The third kappa shape index (κ3) is 4.09. The summed E-state index contributed by atoms with van der Waals surface area (Å²) in [4.78, 5) is 15.1. The van der Waals surface area contributed by atoms with Crippen LogP contribution in [0.3, 0.4) is 0 Å². The summed E-state index contributed by atoms with van der Waals surface area (Å²) in [6.07, 6.45) is 2.47. The van der Waals surface area contributed by atoms with Crippen molar-refractivity contribution >= 4 is 28.1 Å². The van der Waals surface area contributed by atoms with Gasteiger partial charge in [0, 0.05) is 30.2 Å². The van der Waals surface area contributed by atoms with Crippen molar-refractivity contribution in [3.8, 4) is 5.88 Å². The second-order valence-corrected chi connectivity index (χ2v) is 6.72.